The Bertz CT molecular complexity index is 3830. The van der Waals surface area contributed by atoms with Crippen LogP contribution in [-0.2, 0) is 20.2 Å². The van der Waals surface area contributed by atoms with Crippen LogP contribution in [0.2, 0.25) is 10.0 Å². The number of anilines is 1. The molecule has 8 aromatic rings. The molecule has 8 aromatic carbocycles. The number of rotatable bonds is 14. The molecule has 8 rings (SSSR count). The first-order valence-electron chi connectivity index (χ1n) is 22.1. The molecule has 0 aromatic heterocycles. The molecule has 0 radical (unpaired) electrons. The molecule has 4 N–H and O–H groups in total. The molecule has 0 fully saturated rings. The molecule has 0 aliphatic rings. The average molecular weight is 1120 g/mol. The predicted molar refractivity (Wildman–Crippen MR) is 284 cm³/mol. The van der Waals surface area contributed by atoms with Crippen molar-refractivity contribution in [3.8, 4) is 23.0 Å². The van der Waals surface area contributed by atoms with E-state index in [0.29, 0.717) is 68.8 Å². The number of hydrogen-bond acceptors (Lipinski definition) is 15. The van der Waals surface area contributed by atoms with E-state index >= 15 is 0 Å². The number of aryl methyl sites for hydroxylation is 2. The number of carbonyl (C=O) groups is 1. The summed E-state index contributed by atoms with van der Waals surface area (Å²) in [6, 6.07) is 35.5. The standard InChI is InChI=1S/2C26H22ClN3O6S.Ca/c2*1-3-36-18-9-6-8-17(14-18)28-26(32)20-13-16-7-4-5-10-19(16)23(24(20)31)30-29-21-12-11-15(2)22(27)25(21)37(33,34)35;/h2*4-14,31H,3H2,1-2H3,(H,28,32)(H,33,34,35);/q;;+2/p-2. The number of fused-ring (bicyclic) bond motifs is 2. The molecular formula is C52H42CaCl2N6O12S2. The number of benzene rings is 8. The van der Waals surface area contributed by atoms with E-state index < -0.39 is 53.3 Å². The average Bonchev–Trinajstić information content (AvgIpc) is 3.35. The quantitative estimate of drug-likeness (QED) is 0.0260. The molecule has 0 atom stereocenters. The van der Waals surface area contributed by atoms with E-state index in [9.17, 15) is 46.1 Å². The van der Waals surface area contributed by atoms with Crippen LogP contribution >= 0.6 is 23.2 Å². The first-order chi connectivity index (χ1) is 35.2. The van der Waals surface area contributed by atoms with Crippen molar-refractivity contribution in [2.75, 3.05) is 18.5 Å². The molecule has 0 aliphatic carbocycles. The van der Waals surface area contributed by atoms with Gasteiger partial charge in [-0.1, -0.05) is 102 Å². The summed E-state index contributed by atoms with van der Waals surface area (Å²) in [6.07, 6.45) is 0. The molecule has 0 saturated heterocycles. The molecule has 18 nitrogen and oxygen atoms in total. The molecule has 0 aliphatic heterocycles. The van der Waals surface area contributed by atoms with E-state index in [0.717, 1.165) is 0 Å². The Balaban J connectivity index is 0.000000241. The molecular weight excluding hydrogens is 1080 g/mol. The van der Waals surface area contributed by atoms with Gasteiger partial charge in [0.2, 0.25) is 0 Å². The van der Waals surface area contributed by atoms with Gasteiger partial charge in [0, 0.05) is 28.6 Å². The van der Waals surface area contributed by atoms with Crippen LogP contribution in [-0.4, -0.2) is 93.8 Å². The van der Waals surface area contributed by atoms with Crippen LogP contribution in [0.1, 0.15) is 40.9 Å². The molecule has 1 amide bonds. The minimum absolute atomic E-state index is 0. The smallest absolute Gasteiger partial charge is 0.871 e. The Morgan fingerprint density at radius 2 is 1.11 bits per heavy atom. The summed E-state index contributed by atoms with van der Waals surface area (Å²) >= 11 is 12.2. The zero-order chi connectivity index (χ0) is 53.5. The third kappa shape index (κ3) is 13.6. The molecule has 380 valence electrons. The third-order valence-corrected chi connectivity index (χ3v) is 13.8. The van der Waals surface area contributed by atoms with Gasteiger partial charge in [-0.3, -0.25) is 18.9 Å². The minimum Gasteiger partial charge on any atom is -0.871 e. The Hall–Kier alpha value is -6.72. The fraction of sp³-hybridized carbons (Fsp3) is 0.115. The van der Waals surface area contributed by atoms with Crippen LogP contribution in [0.3, 0.4) is 0 Å². The number of nitrogens with one attached hydrogen (secondary N) is 1. The molecule has 75 heavy (non-hydrogen) atoms. The minimum atomic E-state index is -4.75. The number of carbonyl (C=O) groups excluding carboxylic acids is 1. The monoisotopic (exact) mass is 1120 g/mol. The van der Waals surface area contributed by atoms with Crippen LogP contribution < -0.4 is 25.0 Å². The van der Waals surface area contributed by atoms with Gasteiger partial charge in [0.15, 0.2) is 5.75 Å². The molecule has 0 unspecified atom stereocenters. The first-order valence-corrected chi connectivity index (χ1v) is 25.7. The summed E-state index contributed by atoms with van der Waals surface area (Å²) in [4.78, 5) is 15.9. The first kappa shape index (κ1) is 57.6. The maximum absolute atomic E-state index is 13.4. The number of amides is 1. The fourth-order valence-electron chi connectivity index (χ4n) is 7.32. The Kier molecular flexibility index (Phi) is 19.0. The van der Waals surface area contributed by atoms with Gasteiger partial charge in [-0.05, 0) is 110 Å². The van der Waals surface area contributed by atoms with E-state index in [1.807, 2.05) is 13.8 Å². The van der Waals surface area contributed by atoms with Crippen molar-refractivity contribution in [3.63, 3.8) is 0 Å². The maximum Gasteiger partial charge on any atom is 2.00 e. The van der Waals surface area contributed by atoms with Crippen molar-refractivity contribution in [2.24, 2.45) is 25.4 Å². The van der Waals surface area contributed by atoms with E-state index in [-0.39, 0.29) is 81.7 Å². The van der Waals surface area contributed by atoms with Crippen molar-refractivity contribution in [1.82, 2.24) is 0 Å². The van der Waals surface area contributed by atoms with Crippen LogP contribution in [0, 0.1) is 13.8 Å². The van der Waals surface area contributed by atoms with Gasteiger partial charge in [0.25, 0.3) is 26.1 Å². The number of phenols is 1. The zero-order valence-electron chi connectivity index (χ0n) is 40.1. The van der Waals surface area contributed by atoms with Crippen molar-refractivity contribution in [3.05, 3.63) is 166 Å². The van der Waals surface area contributed by atoms with Gasteiger partial charge in [0.1, 0.15) is 38.4 Å². The van der Waals surface area contributed by atoms with Gasteiger partial charge < -0.3 is 30.1 Å². The second-order valence-corrected chi connectivity index (χ2v) is 19.3. The Labute approximate surface area is 470 Å². The number of nitrogens with zero attached hydrogens (tertiary/aromatic N) is 5. The van der Waals surface area contributed by atoms with Crippen LogP contribution in [0.15, 0.2) is 169 Å². The summed E-state index contributed by atoms with van der Waals surface area (Å²) < 4.78 is 78.0. The summed E-state index contributed by atoms with van der Waals surface area (Å²) in [5.41, 5.74) is 0.483. The second kappa shape index (κ2) is 24.7. The number of aromatic hydroxyl groups is 1. The van der Waals surface area contributed by atoms with Crippen LogP contribution in [0.4, 0.5) is 34.1 Å². The number of phenolic OH excluding ortho intramolecular Hbond substituents is 1. The van der Waals surface area contributed by atoms with Gasteiger partial charge in [-0.2, -0.15) is 21.9 Å². The second-order valence-electron chi connectivity index (χ2n) is 15.9. The van der Waals surface area contributed by atoms with Crippen molar-refractivity contribution in [2.45, 2.75) is 37.5 Å². The predicted octanol–water partition coefficient (Wildman–Crippen LogP) is 11.8. The van der Waals surface area contributed by atoms with Crippen molar-refractivity contribution in [1.29, 1.82) is 0 Å². The number of azo groups is 2. The number of ether oxygens (including phenoxy) is 2. The summed E-state index contributed by atoms with van der Waals surface area (Å²) in [5.74, 6) is -1.51. The molecule has 0 saturated carbocycles. The topological polar surface area (TPSA) is 284 Å². The molecule has 0 heterocycles. The Morgan fingerprint density at radius 3 is 1.64 bits per heavy atom. The molecule has 0 spiro atoms. The Morgan fingerprint density at radius 1 is 0.627 bits per heavy atom. The van der Waals surface area contributed by atoms with Gasteiger partial charge in [-0.25, -0.2) is 0 Å². The van der Waals surface area contributed by atoms with Crippen molar-refractivity contribution >= 4 is 149 Å². The summed E-state index contributed by atoms with van der Waals surface area (Å²) in [6.45, 7) is 7.70. The molecule has 23 heteroatoms. The molecule has 0 bridgehead atoms. The normalized spacial score (nSPS) is 11.9. The largest absolute Gasteiger partial charge is 2.00 e. The zero-order valence-corrected chi connectivity index (χ0v) is 45.5. The number of halogens is 2. The van der Waals surface area contributed by atoms with E-state index in [2.05, 4.69) is 30.8 Å². The van der Waals surface area contributed by atoms with E-state index in [4.69, 9.17) is 32.7 Å². The van der Waals surface area contributed by atoms with Crippen LogP contribution in [0.25, 0.3) is 21.5 Å². The maximum atomic E-state index is 13.4. The number of aliphatic imine (C=N–C) groups is 1. The van der Waals surface area contributed by atoms with Gasteiger partial charge in [0.05, 0.1) is 40.2 Å². The van der Waals surface area contributed by atoms with Crippen LogP contribution in [0.5, 0.6) is 23.0 Å². The number of hydrogen-bond donors (Lipinski definition) is 4. The van der Waals surface area contributed by atoms with Crippen molar-refractivity contribution < 1.29 is 55.5 Å². The summed E-state index contributed by atoms with van der Waals surface area (Å²) in [5, 5.41) is 57.7. The third-order valence-electron chi connectivity index (χ3n) is 10.8. The SMILES string of the molecule is CCOc1cccc(N=C([O-])c2cc3ccccc3c(N=Nc3ccc(C)c(Cl)c3S(=O)(=O)O)c2[O-])c1.CCOc1cccc(NC(=O)c2cc3ccccc3c(N=Nc3ccc(C)c(Cl)c3S(=O)(=O)O)c2O)c1.[Ca+2]. The van der Waals surface area contributed by atoms with E-state index in [1.165, 1.54) is 36.4 Å². The fourth-order valence-corrected chi connectivity index (χ4v) is 9.75. The van der Waals surface area contributed by atoms with Gasteiger partial charge in [-0.15, -0.1) is 15.3 Å². The van der Waals surface area contributed by atoms with Gasteiger partial charge >= 0.3 is 37.7 Å². The van der Waals surface area contributed by atoms with E-state index in [1.54, 1.807) is 111 Å². The summed E-state index contributed by atoms with van der Waals surface area (Å²) in [7, 11) is -9.48.